The second kappa shape index (κ2) is 6.90. The SMILES string of the molecule is Cc1nc(CSCC(=O)N2CC(=O)NCC2C(=O)O)cs1. The minimum atomic E-state index is -1.11. The Morgan fingerprint density at radius 1 is 1.62 bits per heavy atom. The van der Waals surface area contributed by atoms with Crippen LogP contribution in [0.3, 0.4) is 0 Å². The Hall–Kier alpha value is -1.61. The van der Waals surface area contributed by atoms with Gasteiger partial charge in [-0.2, -0.15) is 0 Å². The number of thioether (sulfide) groups is 1. The van der Waals surface area contributed by atoms with Crippen LogP contribution in [0.5, 0.6) is 0 Å². The van der Waals surface area contributed by atoms with E-state index in [2.05, 4.69) is 10.3 Å². The summed E-state index contributed by atoms with van der Waals surface area (Å²) in [6.07, 6.45) is 0. The van der Waals surface area contributed by atoms with Crippen molar-refractivity contribution in [1.29, 1.82) is 0 Å². The number of piperazine rings is 1. The lowest BCUT2D eigenvalue weighted by atomic mass is 10.2. The summed E-state index contributed by atoms with van der Waals surface area (Å²) < 4.78 is 0. The number of carbonyl (C=O) groups excluding carboxylic acids is 2. The number of nitrogens with one attached hydrogen (secondary N) is 1. The minimum Gasteiger partial charge on any atom is -0.480 e. The standard InChI is InChI=1S/C12H15N3O4S2/c1-7-14-8(5-21-7)4-20-6-11(17)15-3-10(16)13-2-9(15)12(18)19/h5,9H,2-4,6H2,1H3,(H,13,16)(H,18,19). The molecule has 0 radical (unpaired) electrons. The number of carboxylic acid groups (broad SMARTS) is 1. The molecule has 1 aliphatic heterocycles. The first-order valence-electron chi connectivity index (χ1n) is 6.25. The summed E-state index contributed by atoms with van der Waals surface area (Å²) in [6.45, 7) is 1.66. The second-order valence-electron chi connectivity index (χ2n) is 4.53. The van der Waals surface area contributed by atoms with E-state index < -0.39 is 12.0 Å². The average Bonchev–Trinajstić information content (AvgIpc) is 2.84. The molecule has 0 saturated carbocycles. The highest BCUT2D eigenvalue weighted by atomic mass is 32.2. The number of carboxylic acids is 1. The van der Waals surface area contributed by atoms with Crippen molar-refractivity contribution in [3.05, 3.63) is 16.1 Å². The zero-order valence-electron chi connectivity index (χ0n) is 11.4. The maximum atomic E-state index is 12.1. The van der Waals surface area contributed by atoms with Crippen molar-refractivity contribution in [2.75, 3.05) is 18.8 Å². The predicted octanol–water partition coefficient (Wildman–Crippen LogP) is 0.0963. The van der Waals surface area contributed by atoms with Gasteiger partial charge < -0.3 is 15.3 Å². The molecule has 0 aromatic carbocycles. The molecule has 0 spiro atoms. The van der Waals surface area contributed by atoms with Crippen molar-refractivity contribution in [3.8, 4) is 0 Å². The number of nitrogens with zero attached hydrogens (tertiary/aromatic N) is 2. The predicted molar refractivity (Wildman–Crippen MR) is 79.2 cm³/mol. The van der Waals surface area contributed by atoms with E-state index in [1.807, 2.05) is 12.3 Å². The van der Waals surface area contributed by atoms with Gasteiger partial charge in [-0.15, -0.1) is 23.1 Å². The highest BCUT2D eigenvalue weighted by molar-refractivity contribution is 7.99. The van der Waals surface area contributed by atoms with E-state index in [0.29, 0.717) is 5.75 Å². The fraction of sp³-hybridized carbons (Fsp3) is 0.500. The highest BCUT2D eigenvalue weighted by Gasteiger charge is 2.34. The van der Waals surface area contributed by atoms with Crippen molar-refractivity contribution in [2.45, 2.75) is 18.7 Å². The van der Waals surface area contributed by atoms with Gasteiger partial charge in [0.2, 0.25) is 11.8 Å². The average molecular weight is 329 g/mol. The molecule has 2 N–H and O–H groups in total. The van der Waals surface area contributed by atoms with Gasteiger partial charge in [0.05, 0.1) is 16.5 Å². The third kappa shape index (κ3) is 4.18. The molecule has 7 nitrogen and oxygen atoms in total. The van der Waals surface area contributed by atoms with Crippen LogP contribution in [0.2, 0.25) is 0 Å². The Bertz CT molecular complexity index is 560. The molecule has 1 atom stereocenters. The van der Waals surface area contributed by atoms with Crippen LogP contribution in [0, 0.1) is 6.92 Å². The molecule has 114 valence electrons. The lowest BCUT2D eigenvalue weighted by Crippen LogP contribution is -2.59. The van der Waals surface area contributed by atoms with Crippen LogP contribution in [0.1, 0.15) is 10.7 Å². The first kappa shape index (κ1) is 15.8. The van der Waals surface area contributed by atoms with Crippen molar-refractivity contribution >= 4 is 40.9 Å². The molecule has 2 heterocycles. The molecule has 21 heavy (non-hydrogen) atoms. The molecule has 2 rings (SSSR count). The van der Waals surface area contributed by atoms with E-state index in [-0.39, 0.29) is 30.7 Å². The van der Waals surface area contributed by atoms with E-state index >= 15 is 0 Å². The molecule has 0 bridgehead atoms. The van der Waals surface area contributed by atoms with Gasteiger partial charge in [-0.1, -0.05) is 0 Å². The monoisotopic (exact) mass is 329 g/mol. The number of hydrogen-bond donors (Lipinski definition) is 2. The molecule has 1 fully saturated rings. The zero-order valence-corrected chi connectivity index (χ0v) is 13.0. The van der Waals surface area contributed by atoms with Crippen molar-refractivity contribution in [3.63, 3.8) is 0 Å². The van der Waals surface area contributed by atoms with Gasteiger partial charge in [0.25, 0.3) is 0 Å². The molecule has 1 unspecified atom stereocenters. The number of amides is 2. The number of carbonyl (C=O) groups is 3. The summed E-state index contributed by atoms with van der Waals surface area (Å²) in [5, 5.41) is 14.4. The van der Waals surface area contributed by atoms with Gasteiger partial charge in [-0.05, 0) is 6.92 Å². The van der Waals surface area contributed by atoms with Gasteiger partial charge in [-0.3, -0.25) is 9.59 Å². The summed E-state index contributed by atoms with van der Waals surface area (Å²) in [5.41, 5.74) is 0.904. The van der Waals surface area contributed by atoms with Crippen LogP contribution in [0.15, 0.2) is 5.38 Å². The van der Waals surface area contributed by atoms with Gasteiger partial charge in [-0.25, -0.2) is 9.78 Å². The quantitative estimate of drug-likeness (QED) is 0.794. The number of rotatable bonds is 5. The van der Waals surface area contributed by atoms with Crippen molar-refractivity contribution < 1.29 is 19.5 Å². The highest BCUT2D eigenvalue weighted by Crippen LogP contribution is 2.16. The molecular weight excluding hydrogens is 314 g/mol. The number of aromatic nitrogens is 1. The molecule has 1 saturated heterocycles. The van der Waals surface area contributed by atoms with Crippen LogP contribution < -0.4 is 5.32 Å². The van der Waals surface area contributed by atoms with Crippen LogP contribution in [0.25, 0.3) is 0 Å². The smallest absolute Gasteiger partial charge is 0.328 e. The summed E-state index contributed by atoms with van der Waals surface area (Å²) in [4.78, 5) is 40.0. The molecule has 1 aromatic rings. The van der Waals surface area contributed by atoms with Crippen molar-refractivity contribution in [1.82, 2.24) is 15.2 Å². The van der Waals surface area contributed by atoms with E-state index in [1.165, 1.54) is 11.8 Å². The van der Waals surface area contributed by atoms with Crippen LogP contribution in [-0.2, 0) is 20.1 Å². The fourth-order valence-electron chi connectivity index (χ4n) is 1.92. The Morgan fingerprint density at radius 3 is 3.00 bits per heavy atom. The largest absolute Gasteiger partial charge is 0.480 e. The first-order chi connectivity index (χ1) is 9.97. The van der Waals surface area contributed by atoms with E-state index in [1.54, 1.807) is 11.3 Å². The van der Waals surface area contributed by atoms with Gasteiger partial charge >= 0.3 is 5.97 Å². The first-order valence-corrected chi connectivity index (χ1v) is 8.28. The van der Waals surface area contributed by atoms with Crippen LogP contribution in [-0.4, -0.2) is 57.7 Å². The second-order valence-corrected chi connectivity index (χ2v) is 6.58. The van der Waals surface area contributed by atoms with Crippen molar-refractivity contribution in [2.24, 2.45) is 0 Å². The molecule has 0 aliphatic carbocycles. The maximum Gasteiger partial charge on any atom is 0.328 e. The Labute approximate surface area is 129 Å². The summed E-state index contributed by atoms with van der Waals surface area (Å²) in [7, 11) is 0. The molecule has 9 heteroatoms. The van der Waals surface area contributed by atoms with E-state index in [0.717, 1.165) is 15.6 Å². The van der Waals surface area contributed by atoms with Gasteiger partial charge in [0.1, 0.15) is 12.6 Å². The number of hydrogen-bond acceptors (Lipinski definition) is 6. The zero-order chi connectivity index (χ0) is 15.4. The maximum absolute atomic E-state index is 12.1. The summed E-state index contributed by atoms with van der Waals surface area (Å²) in [6, 6.07) is -0.989. The molecule has 1 aromatic heterocycles. The number of aryl methyl sites for hydroxylation is 1. The number of thiazole rings is 1. The molecule has 2 amide bonds. The Balaban J connectivity index is 1.88. The lowest BCUT2D eigenvalue weighted by Gasteiger charge is -2.32. The third-order valence-electron chi connectivity index (χ3n) is 2.93. The topological polar surface area (TPSA) is 99.6 Å². The number of aliphatic carboxylic acids is 1. The molecular formula is C12H15N3O4S2. The summed E-state index contributed by atoms with van der Waals surface area (Å²) in [5.74, 6) is -1.06. The normalized spacial score (nSPS) is 18.4. The fourth-order valence-corrected chi connectivity index (χ4v) is 3.44. The minimum absolute atomic E-state index is 0.0458. The van der Waals surface area contributed by atoms with E-state index in [9.17, 15) is 14.4 Å². The third-order valence-corrected chi connectivity index (χ3v) is 4.70. The van der Waals surface area contributed by atoms with Crippen LogP contribution >= 0.6 is 23.1 Å². The van der Waals surface area contributed by atoms with Crippen LogP contribution in [0.4, 0.5) is 0 Å². The van der Waals surface area contributed by atoms with Gasteiger partial charge in [0, 0.05) is 17.7 Å². The van der Waals surface area contributed by atoms with E-state index in [4.69, 9.17) is 5.11 Å². The lowest BCUT2D eigenvalue weighted by molar-refractivity contribution is -0.152. The Morgan fingerprint density at radius 2 is 2.38 bits per heavy atom. The Kier molecular flexibility index (Phi) is 5.18. The summed E-state index contributed by atoms with van der Waals surface area (Å²) >= 11 is 2.91. The molecule has 1 aliphatic rings. The van der Waals surface area contributed by atoms with Gasteiger partial charge in [0.15, 0.2) is 0 Å².